The van der Waals surface area contributed by atoms with Gasteiger partial charge < -0.3 is 0 Å². The highest BCUT2D eigenvalue weighted by Crippen LogP contribution is 2.25. The maximum Gasteiger partial charge on any atom is 0.247 e. The summed E-state index contributed by atoms with van der Waals surface area (Å²) in [6.07, 6.45) is 4.95. The summed E-state index contributed by atoms with van der Waals surface area (Å²) in [5.41, 5.74) is 10.4. The Bertz CT molecular complexity index is 882. The van der Waals surface area contributed by atoms with Crippen LogP contribution in [-0.2, 0) is 21.0 Å². The van der Waals surface area contributed by atoms with Crippen LogP contribution in [0.25, 0.3) is 6.08 Å². The number of hydrogen-bond acceptors (Lipinski definition) is 4. The van der Waals surface area contributed by atoms with Crippen LogP contribution in [0.1, 0.15) is 51.7 Å². The van der Waals surface area contributed by atoms with Crippen molar-refractivity contribution in [2.75, 3.05) is 6.54 Å². The van der Waals surface area contributed by atoms with Gasteiger partial charge >= 0.3 is 0 Å². The summed E-state index contributed by atoms with van der Waals surface area (Å²) in [7, 11) is 0. The predicted molar refractivity (Wildman–Crippen MR) is 137 cm³/mol. The first-order chi connectivity index (χ1) is 16.4. The lowest BCUT2D eigenvalue weighted by molar-refractivity contribution is -0.145. The first-order valence-electron chi connectivity index (χ1n) is 12.1. The Kier molecular flexibility index (Phi) is 12.1. The SMILES string of the molecule is CC(C)CNNC(=O)C(CC(C)C)[C@H](C/C=C/c1ccccc1)C(=O)NOCc1ccccc1. The number of rotatable bonds is 14. The summed E-state index contributed by atoms with van der Waals surface area (Å²) in [5, 5.41) is 0. The Labute approximate surface area is 204 Å². The van der Waals surface area contributed by atoms with Crippen molar-refractivity contribution in [3.8, 4) is 0 Å². The molecule has 3 N–H and O–H groups in total. The molecule has 6 nitrogen and oxygen atoms in total. The fraction of sp³-hybridized carbons (Fsp3) is 0.429. The van der Waals surface area contributed by atoms with Crippen LogP contribution in [-0.4, -0.2) is 18.4 Å². The normalized spacial score (nSPS) is 13.2. The van der Waals surface area contributed by atoms with Crippen LogP contribution in [0.5, 0.6) is 0 Å². The Morgan fingerprint density at radius 1 is 0.853 bits per heavy atom. The number of carbonyl (C=O) groups excluding carboxylic acids is 2. The number of amides is 2. The number of hydroxylamine groups is 1. The van der Waals surface area contributed by atoms with Crippen molar-refractivity contribution in [1.82, 2.24) is 16.3 Å². The third-order valence-corrected chi connectivity index (χ3v) is 5.36. The van der Waals surface area contributed by atoms with Crippen LogP contribution in [0.4, 0.5) is 0 Å². The standard InChI is InChI=1S/C28H39N3O3/c1-21(2)18-26(27(32)30-29-19-22(3)4)25(17-11-16-23-12-7-5-8-13-23)28(33)31-34-20-24-14-9-6-10-15-24/h5-16,21-22,25-26,29H,17-20H2,1-4H3,(H,30,32)(H,31,33)/b16-11+/t25-,26?/m0/s1. The zero-order valence-corrected chi connectivity index (χ0v) is 20.8. The van der Waals surface area contributed by atoms with E-state index in [1.165, 1.54) is 0 Å². The lowest BCUT2D eigenvalue weighted by atomic mass is 9.82. The van der Waals surface area contributed by atoms with E-state index < -0.39 is 11.8 Å². The second-order valence-corrected chi connectivity index (χ2v) is 9.40. The number of carbonyl (C=O) groups is 2. The number of hydrogen-bond donors (Lipinski definition) is 3. The molecule has 0 aliphatic carbocycles. The summed E-state index contributed by atoms with van der Waals surface area (Å²) in [6, 6.07) is 19.5. The number of hydrazine groups is 1. The van der Waals surface area contributed by atoms with Gasteiger partial charge in [0.05, 0.1) is 18.4 Å². The molecule has 0 saturated carbocycles. The molecular weight excluding hydrogens is 426 g/mol. The molecule has 0 heterocycles. The van der Waals surface area contributed by atoms with Gasteiger partial charge in [-0.1, -0.05) is 101 Å². The number of benzene rings is 2. The van der Waals surface area contributed by atoms with Crippen LogP contribution < -0.4 is 16.3 Å². The fourth-order valence-corrected chi connectivity index (χ4v) is 3.61. The summed E-state index contributed by atoms with van der Waals surface area (Å²) >= 11 is 0. The average molecular weight is 466 g/mol. The Morgan fingerprint density at radius 3 is 2.12 bits per heavy atom. The first kappa shape index (κ1) is 27.3. The molecule has 1 unspecified atom stereocenters. The molecule has 0 radical (unpaired) electrons. The van der Waals surface area contributed by atoms with E-state index in [2.05, 4.69) is 44.0 Å². The maximum atomic E-state index is 13.2. The summed E-state index contributed by atoms with van der Waals surface area (Å²) < 4.78 is 0. The Hall–Kier alpha value is -2.96. The van der Waals surface area contributed by atoms with E-state index in [-0.39, 0.29) is 24.3 Å². The Morgan fingerprint density at radius 2 is 1.50 bits per heavy atom. The zero-order chi connectivity index (χ0) is 24.8. The minimum atomic E-state index is -0.570. The molecule has 0 bridgehead atoms. The van der Waals surface area contributed by atoms with Crippen molar-refractivity contribution in [2.45, 2.75) is 47.1 Å². The highest BCUT2D eigenvalue weighted by molar-refractivity contribution is 5.87. The molecule has 6 heteroatoms. The van der Waals surface area contributed by atoms with Crippen molar-refractivity contribution < 1.29 is 14.4 Å². The van der Waals surface area contributed by atoms with Crippen molar-refractivity contribution >= 4 is 17.9 Å². The lowest BCUT2D eigenvalue weighted by Gasteiger charge is -2.26. The molecule has 2 rings (SSSR count). The molecule has 34 heavy (non-hydrogen) atoms. The van der Waals surface area contributed by atoms with Crippen molar-refractivity contribution in [2.24, 2.45) is 23.7 Å². The van der Waals surface area contributed by atoms with E-state index in [9.17, 15) is 9.59 Å². The van der Waals surface area contributed by atoms with E-state index in [0.29, 0.717) is 25.3 Å². The third-order valence-electron chi connectivity index (χ3n) is 5.36. The molecule has 0 fully saturated rings. The Balaban J connectivity index is 2.13. The van der Waals surface area contributed by atoms with Gasteiger partial charge in [0.2, 0.25) is 11.8 Å². The highest BCUT2D eigenvalue weighted by atomic mass is 16.6. The van der Waals surface area contributed by atoms with Crippen molar-refractivity contribution in [1.29, 1.82) is 0 Å². The van der Waals surface area contributed by atoms with E-state index in [0.717, 1.165) is 11.1 Å². The van der Waals surface area contributed by atoms with Crippen LogP contribution in [0, 0.1) is 23.7 Å². The van der Waals surface area contributed by atoms with Gasteiger partial charge in [-0.3, -0.25) is 19.9 Å². The molecule has 0 aliphatic heterocycles. The lowest BCUT2D eigenvalue weighted by Crippen LogP contribution is -2.47. The van der Waals surface area contributed by atoms with Crippen LogP contribution in [0.3, 0.4) is 0 Å². The average Bonchev–Trinajstić information content (AvgIpc) is 2.81. The van der Waals surface area contributed by atoms with Crippen LogP contribution in [0.2, 0.25) is 0 Å². The van der Waals surface area contributed by atoms with Crippen LogP contribution >= 0.6 is 0 Å². The predicted octanol–water partition coefficient (Wildman–Crippen LogP) is 4.89. The summed E-state index contributed by atoms with van der Waals surface area (Å²) in [5.74, 6) is -0.897. The summed E-state index contributed by atoms with van der Waals surface area (Å²) in [4.78, 5) is 31.8. The molecule has 2 atom stereocenters. The van der Waals surface area contributed by atoms with Crippen LogP contribution in [0.15, 0.2) is 66.7 Å². The van der Waals surface area contributed by atoms with Gasteiger partial charge in [-0.2, -0.15) is 0 Å². The quantitative estimate of drug-likeness (QED) is 0.347. The molecule has 0 saturated heterocycles. The first-order valence-corrected chi connectivity index (χ1v) is 12.1. The fourth-order valence-electron chi connectivity index (χ4n) is 3.61. The molecule has 0 aliphatic rings. The van der Waals surface area contributed by atoms with Crippen molar-refractivity contribution in [3.05, 3.63) is 77.9 Å². The molecular formula is C28H39N3O3. The van der Waals surface area contributed by atoms with E-state index in [4.69, 9.17) is 4.84 Å². The number of nitrogens with one attached hydrogen (secondary N) is 3. The third kappa shape index (κ3) is 10.3. The van der Waals surface area contributed by atoms with Gasteiger partial charge in [-0.05, 0) is 35.8 Å². The molecule has 2 aromatic carbocycles. The molecule has 2 amide bonds. The smallest absolute Gasteiger partial charge is 0.247 e. The topological polar surface area (TPSA) is 79.5 Å². The van der Waals surface area contributed by atoms with Gasteiger partial charge in [0.1, 0.15) is 0 Å². The van der Waals surface area contributed by atoms with Gasteiger partial charge in [0.15, 0.2) is 0 Å². The molecule has 2 aromatic rings. The van der Waals surface area contributed by atoms with Crippen molar-refractivity contribution in [3.63, 3.8) is 0 Å². The van der Waals surface area contributed by atoms with E-state index >= 15 is 0 Å². The summed E-state index contributed by atoms with van der Waals surface area (Å²) in [6.45, 7) is 9.17. The zero-order valence-electron chi connectivity index (χ0n) is 20.8. The van der Waals surface area contributed by atoms with Gasteiger partial charge in [-0.15, -0.1) is 0 Å². The van der Waals surface area contributed by atoms with Gasteiger partial charge in [0.25, 0.3) is 0 Å². The molecule has 184 valence electrons. The maximum absolute atomic E-state index is 13.2. The van der Waals surface area contributed by atoms with Gasteiger partial charge in [0, 0.05) is 6.54 Å². The highest BCUT2D eigenvalue weighted by Gasteiger charge is 2.33. The molecule has 0 spiro atoms. The monoisotopic (exact) mass is 465 g/mol. The number of allylic oxidation sites excluding steroid dienone is 1. The second kappa shape index (κ2) is 15.0. The minimum absolute atomic E-state index is 0.175. The largest absolute Gasteiger partial charge is 0.291 e. The van der Waals surface area contributed by atoms with E-state index in [1.807, 2.05) is 72.8 Å². The second-order valence-electron chi connectivity index (χ2n) is 9.40. The minimum Gasteiger partial charge on any atom is -0.291 e. The molecule has 0 aromatic heterocycles. The van der Waals surface area contributed by atoms with E-state index in [1.54, 1.807) is 0 Å². The van der Waals surface area contributed by atoms with Gasteiger partial charge in [-0.25, -0.2) is 10.9 Å².